The molecule has 204 valence electrons. The maximum Gasteiger partial charge on any atom is 0.336 e. The maximum atomic E-state index is 14.8. The molecule has 1 amide bonds. The van der Waals surface area contributed by atoms with Crippen molar-refractivity contribution in [2.75, 3.05) is 10.6 Å². The molecule has 0 atom stereocenters. The first-order valence-corrected chi connectivity index (χ1v) is 12.9. The molecule has 0 radical (unpaired) electrons. The van der Waals surface area contributed by atoms with Gasteiger partial charge in [-0.1, -0.05) is 26.0 Å². The van der Waals surface area contributed by atoms with Crippen molar-refractivity contribution in [2.45, 2.75) is 53.5 Å². The highest BCUT2D eigenvalue weighted by atomic mass is 19.1. The van der Waals surface area contributed by atoms with Crippen LogP contribution in [0.15, 0.2) is 56.8 Å². The first kappa shape index (κ1) is 27.6. The zero-order valence-electron chi connectivity index (χ0n) is 22.9. The Morgan fingerprint density at radius 1 is 1.00 bits per heavy atom. The van der Waals surface area contributed by atoms with Gasteiger partial charge in [0.1, 0.15) is 17.0 Å². The molecule has 2 aromatic heterocycles. The van der Waals surface area contributed by atoms with E-state index in [4.69, 9.17) is 0 Å². The Morgan fingerprint density at radius 3 is 2.31 bits per heavy atom. The Labute approximate surface area is 224 Å². The number of pyridine rings is 1. The second kappa shape index (κ2) is 10.7. The number of benzene rings is 2. The van der Waals surface area contributed by atoms with Crippen molar-refractivity contribution in [1.82, 2.24) is 13.7 Å². The number of aromatic nitrogens is 3. The lowest BCUT2D eigenvalue weighted by Gasteiger charge is -2.21. The van der Waals surface area contributed by atoms with Gasteiger partial charge >= 0.3 is 5.69 Å². The van der Waals surface area contributed by atoms with Gasteiger partial charge in [-0.2, -0.15) is 0 Å². The Kier molecular flexibility index (Phi) is 7.58. The van der Waals surface area contributed by atoms with E-state index in [-0.39, 0.29) is 39.9 Å². The van der Waals surface area contributed by atoms with Crippen molar-refractivity contribution in [3.05, 3.63) is 90.6 Å². The van der Waals surface area contributed by atoms with Crippen molar-refractivity contribution in [1.29, 1.82) is 0 Å². The summed E-state index contributed by atoms with van der Waals surface area (Å²) in [4.78, 5) is 52.6. The van der Waals surface area contributed by atoms with Crippen LogP contribution in [0.4, 0.5) is 21.6 Å². The third-order valence-corrected chi connectivity index (χ3v) is 6.56. The van der Waals surface area contributed by atoms with Gasteiger partial charge in [-0.05, 0) is 62.6 Å². The molecule has 1 aliphatic rings. The summed E-state index contributed by atoms with van der Waals surface area (Å²) in [6, 6.07) is 10.9. The second-order valence-corrected chi connectivity index (χ2v) is 9.43. The first-order chi connectivity index (χ1) is 18.6. The highest BCUT2D eigenvalue weighted by molar-refractivity contribution is 5.94. The van der Waals surface area contributed by atoms with Gasteiger partial charge in [0.25, 0.3) is 11.1 Å². The van der Waals surface area contributed by atoms with Crippen LogP contribution >= 0.6 is 0 Å². The molecule has 0 spiro atoms. The predicted octanol–water partition coefficient (Wildman–Crippen LogP) is 4.67. The van der Waals surface area contributed by atoms with Crippen molar-refractivity contribution in [2.24, 2.45) is 7.05 Å². The number of nitrogens with zero attached hydrogens (tertiary/aromatic N) is 3. The zero-order chi connectivity index (χ0) is 28.6. The van der Waals surface area contributed by atoms with Crippen LogP contribution < -0.4 is 27.4 Å². The van der Waals surface area contributed by atoms with Gasteiger partial charge in [0, 0.05) is 31.3 Å². The van der Waals surface area contributed by atoms with E-state index in [2.05, 4.69) is 10.6 Å². The standard InChI is InChI=1S/C27H26FN5O4.C2H6/c1-14-8-11-21(20(28)12-14)30-24-22-23(15(2)25(35)31(24)4)32(27(37)33(26(22)36)18-9-10-18)19-7-5-6-17(13-19)29-16(3)34;1-2/h5-8,11-13,18,30H,9-10H2,1-4H3,(H,29,34);1-2H3. The fourth-order valence-electron chi connectivity index (χ4n) is 4.63. The van der Waals surface area contributed by atoms with Gasteiger partial charge in [-0.25, -0.2) is 9.18 Å². The smallest absolute Gasteiger partial charge is 0.336 e. The largest absolute Gasteiger partial charge is 0.338 e. The molecular formula is C29H32FN5O4. The monoisotopic (exact) mass is 533 g/mol. The van der Waals surface area contributed by atoms with E-state index in [1.54, 1.807) is 44.2 Å². The lowest BCUT2D eigenvalue weighted by Crippen LogP contribution is -2.41. The Balaban J connectivity index is 0.00000172. The topological polar surface area (TPSA) is 107 Å². The number of hydrogen-bond donors (Lipinski definition) is 2. The summed E-state index contributed by atoms with van der Waals surface area (Å²) in [5.41, 5.74) is 0.379. The molecule has 0 bridgehead atoms. The van der Waals surface area contributed by atoms with E-state index in [1.807, 2.05) is 13.8 Å². The lowest BCUT2D eigenvalue weighted by atomic mass is 10.1. The van der Waals surface area contributed by atoms with E-state index in [0.29, 0.717) is 24.2 Å². The number of nitrogens with one attached hydrogen (secondary N) is 2. The van der Waals surface area contributed by atoms with Crippen molar-refractivity contribution >= 4 is 34.0 Å². The van der Waals surface area contributed by atoms with Gasteiger partial charge < -0.3 is 10.6 Å². The number of carbonyl (C=O) groups is 1. The van der Waals surface area contributed by atoms with Crippen LogP contribution in [0.3, 0.4) is 0 Å². The van der Waals surface area contributed by atoms with Crippen LogP contribution in [-0.2, 0) is 11.8 Å². The molecule has 0 saturated heterocycles. The second-order valence-electron chi connectivity index (χ2n) is 9.43. The number of hydrogen-bond acceptors (Lipinski definition) is 5. The van der Waals surface area contributed by atoms with Gasteiger partial charge in [-0.3, -0.25) is 28.1 Å². The van der Waals surface area contributed by atoms with E-state index in [9.17, 15) is 23.6 Å². The molecule has 0 unspecified atom stereocenters. The third-order valence-electron chi connectivity index (χ3n) is 6.56. The molecular weight excluding hydrogens is 501 g/mol. The van der Waals surface area contributed by atoms with Crippen LogP contribution in [0.2, 0.25) is 0 Å². The van der Waals surface area contributed by atoms with Crippen LogP contribution in [0, 0.1) is 19.7 Å². The summed E-state index contributed by atoms with van der Waals surface area (Å²) in [6.07, 6.45) is 1.35. The van der Waals surface area contributed by atoms with Crippen LogP contribution in [0.5, 0.6) is 0 Å². The molecule has 39 heavy (non-hydrogen) atoms. The number of amides is 1. The molecule has 5 rings (SSSR count). The molecule has 1 aliphatic carbocycles. The normalized spacial score (nSPS) is 12.6. The minimum atomic E-state index is -0.580. The molecule has 4 aromatic rings. The first-order valence-electron chi connectivity index (χ1n) is 12.9. The number of carbonyl (C=O) groups excluding carboxylic acids is 1. The Hall–Kier alpha value is -4.47. The average Bonchev–Trinajstić information content (AvgIpc) is 3.73. The number of anilines is 3. The summed E-state index contributed by atoms with van der Waals surface area (Å²) >= 11 is 0. The van der Waals surface area contributed by atoms with E-state index >= 15 is 0 Å². The van der Waals surface area contributed by atoms with Gasteiger partial charge in [-0.15, -0.1) is 0 Å². The molecule has 0 aliphatic heterocycles. The van der Waals surface area contributed by atoms with Gasteiger partial charge in [0.15, 0.2) is 0 Å². The molecule has 1 saturated carbocycles. The number of fused-ring (bicyclic) bond motifs is 1. The minimum Gasteiger partial charge on any atom is -0.338 e. The minimum absolute atomic E-state index is 0.0829. The van der Waals surface area contributed by atoms with Crippen LogP contribution in [-0.4, -0.2) is 19.6 Å². The summed E-state index contributed by atoms with van der Waals surface area (Å²) in [6.45, 7) is 8.68. The molecule has 10 heteroatoms. The highest BCUT2D eigenvalue weighted by Crippen LogP contribution is 2.34. The molecule has 2 N–H and O–H groups in total. The molecule has 1 fully saturated rings. The summed E-state index contributed by atoms with van der Waals surface area (Å²) in [7, 11) is 1.50. The molecule has 2 aromatic carbocycles. The Morgan fingerprint density at radius 2 is 1.69 bits per heavy atom. The average molecular weight is 534 g/mol. The maximum absolute atomic E-state index is 14.8. The quantitative estimate of drug-likeness (QED) is 0.388. The molecule has 2 heterocycles. The Bertz CT molecular complexity index is 1780. The van der Waals surface area contributed by atoms with E-state index in [0.717, 1.165) is 5.56 Å². The molecule has 9 nitrogen and oxygen atoms in total. The lowest BCUT2D eigenvalue weighted by molar-refractivity contribution is -0.114. The van der Waals surface area contributed by atoms with Crippen LogP contribution in [0.25, 0.3) is 16.6 Å². The predicted molar refractivity (Wildman–Crippen MR) is 152 cm³/mol. The van der Waals surface area contributed by atoms with Crippen molar-refractivity contribution in [3.8, 4) is 5.69 Å². The van der Waals surface area contributed by atoms with Crippen LogP contribution in [0.1, 0.15) is 50.8 Å². The van der Waals surface area contributed by atoms with Gasteiger partial charge in [0.05, 0.1) is 16.9 Å². The third kappa shape index (κ3) is 5.01. The van der Waals surface area contributed by atoms with E-state index in [1.165, 1.54) is 39.8 Å². The SMILES string of the molecule is CC.CC(=O)Nc1cccc(-n2c(=O)n(C3CC3)c(=O)c3c(Nc4ccc(C)cc4F)n(C)c(=O)c(C)c32)c1. The van der Waals surface area contributed by atoms with Crippen molar-refractivity contribution in [3.63, 3.8) is 0 Å². The van der Waals surface area contributed by atoms with Crippen molar-refractivity contribution < 1.29 is 9.18 Å². The highest BCUT2D eigenvalue weighted by Gasteiger charge is 2.31. The van der Waals surface area contributed by atoms with Gasteiger partial charge in [0.2, 0.25) is 5.91 Å². The summed E-state index contributed by atoms with van der Waals surface area (Å²) in [5, 5.41) is 5.73. The number of rotatable bonds is 5. The fourth-order valence-corrected chi connectivity index (χ4v) is 4.63. The summed E-state index contributed by atoms with van der Waals surface area (Å²) < 4.78 is 18.6. The van der Waals surface area contributed by atoms with E-state index < -0.39 is 22.6 Å². The summed E-state index contributed by atoms with van der Waals surface area (Å²) in [5.74, 6) is -0.742. The fraction of sp³-hybridized carbons (Fsp3) is 0.310. The number of halogens is 1. The number of aryl methyl sites for hydroxylation is 2. The zero-order valence-corrected chi connectivity index (χ0v) is 22.9.